The fraction of sp³-hybridized carbons (Fsp3) is 0.786. The van der Waals surface area contributed by atoms with Crippen molar-refractivity contribution in [3.63, 3.8) is 0 Å². The molecule has 1 saturated carbocycles. The molecular formula is C14H24O2. The molecule has 1 aliphatic carbocycles. The number of carbonyl (C=O) groups excluding carboxylic acids is 1. The second-order valence-electron chi connectivity index (χ2n) is 5.17. The minimum Gasteiger partial charge on any atom is -0.367 e. The molecule has 0 aromatic carbocycles. The van der Waals surface area contributed by atoms with Gasteiger partial charge < -0.3 is 4.74 Å². The highest BCUT2D eigenvalue weighted by Gasteiger charge is 2.40. The number of carbonyl (C=O) groups is 1. The fourth-order valence-corrected chi connectivity index (χ4v) is 2.44. The Hall–Kier alpha value is -0.630. The zero-order valence-corrected chi connectivity index (χ0v) is 10.8. The summed E-state index contributed by atoms with van der Waals surface area (Å²) < 4.78 is 5.79. The molecule has 1 aliphatic rings. The number of Topliss-reactive ketones (excluding diaryl/α,β-unsaturated/α-hetero) is 1. The predicted octanol–water partition coefficient (Wildman–Crippen LogP) is 3.51. The van der Waals surface area contributed by atoms with Gasteiger partial charge in [-0.3, -0.25) is 4.79 Å². The Bertz CT molecular complexity index is 260. The summed E-state index contributed by atoms with van der Waals surface area (Å²) in [5.74, 6) is 0.958. The zero-order chi connectivity index (χ0) is 12.2. The van der Waals surface area contributed by atoms with Crippen LogP contribution in [0.15, 0.2) is 12.2 Å². The minimum atomic E-state index is -0.500. The quantitative estimate of drug-likeness (QED) is 0.668. The van der Waals surface area contributed by atoms with E-state index in [0.717, 1.165) is 37.2 Å². The summed E-state index contributed by atoms with van der Waals surface area (Å²) in [5.41, 5.74) is 0.433. The third kappa shape index (κ3) is 3.18. The van der Waals surface area contributed by atoms with Crippen molar-refractivity contribution in [2.24, 2.45) is 5.92 Å². The molecule has 1 rings (SSSR count). The highest BCUT2D eigenvalue weighted by atomic mass is 16.5. The number of hydrogen-bond donors (Lipinski definition) is 0. The normalized spacial score (nSPS) is 30.1. The van der Waals surface area contributed by atoms with Gasteiger partial charge in [-0.15, -0.1) is 0 Å². The van der Waals surface area contributed by atoms with Gasteiger partial charge >= 0.3 is 0 Å². The van der Waals surface area contributed by atoms with Gasteiger partial charge in [0.05, 0.1) is 0 Å². The van der Waals surface area contributed by atoms with Crippen LogP contribution >= 0.6 is 0 Å². The lowest BCUT2D eigenvalue weighted by Crippen LogP contribution is -2.44. The fourth-order valence-electron chi connectivity index (χ4n) is 2.44. The Balaban J connectivity index is 2.72. The van der Waals surface area contributed by atoms with Crippen LogP contribution in [0.25, 0.3) is 0 Å². The summed E-state index contributed by atoms with van der Waals surface area (Å²) >= 11 is 0. The zero-order valence-electron chi connectivity index (χ0n) is 10.8. The molecule has 92 valence electrons. The van der Waals surface area contributed by atoms with E-state index in [9.17, 15) is 4.79 Å². The maximum Gasteiger partial charge on any atom is 0.168 e. The monoisotopic (exact) mass is 224 g/mol. The van der Waals surface area contributed by atoms with Gasteiger partial charge in [0.1, 0.15) is 5.60 Å². The first kappa shape index (κ1) is 13.4. The van der Waals surface area contributed by atoms with E-state index in [1.54, 1.807) is 0 Å². The van der Waals surface area contributed by atoms with E-state index in [2.05, 4.69) is 13.5 Å². The Labute approximate surface area is 99.1 Å². The third-order valence-corrected chi connectivity index (χ3v) is 3.47. The molecule has 16 heavy (non-hydrogen) atoms. The molecule has 0 spiro atoms. The molecule has 2 heteroatoms. The van der Waals surface area contributed by atoms with Crippen LogP contribution in [0.5, 0.6) is 0 Å². The third-order valence-electron chi connectivity index (χ3n) is 3.47. The van der Waals surface area contributed by atoms with Crippen LogP contribution in [0.1, 0.15) is 52.9 Å². The van der Waals surface area contributed by atoms with Crippen molar-refractivity contribution in [3.05, 3.63) is 12.2 Å². The van der Waals surface area contributed by atoms with Crippen molar-refractivity contribution >= 4 is 5.78 Å². The predicted molar refractivity (Wildman–Crippen MR) is 66.4 cm³/mol. The van der Waals surface area contributed by atoms with Gasteiger partial charge in [0.25, 0.3) is 0 Å². The van der Waals surface area contributed by atoms with Crippen molar-refractivity contribution < 1.29 is 9.53 Å². The molecule has 2 nitrogen and oxygen atoms in total. The second kappa shape index (κ2) is 5.62. The maximum atomic E-state index is 12.2. The second-order valence-corrected chi connectivity index (χ2v) is 5.17. The summed E-state index contributed by atoms with van der Waals surface area (Å²) in [6.07, 6.45) is 4.43. The molecule has 0 radical (unpaired) electrons. The summed E-state index contributed by atoms with van der Waals surface area (Å²) in [6.45, 7) is 10.6. The molecule has 0 heterocycles. The van der Waals surface area contributed by atoms with Crippen molar-refractivity contribution in [1.82, 2.24) is 0 Å². The first-order valence-electron chi connectivity index (χ1n) is 6.32. The average molecular weight is 224 g/mol. The minimum absolute atomic E-state index is 0.230. The lowest BCUT2D eigenvalue weighted by molar-refractivity contribution is -0.149. The van der Waals surface area contributed by atoms with Crippen molar-refractivity contribution in [2.75, 3.05) is 6.61 Å². The molecule has 0 amide bonds. The number of hydrogen-bond acceptors (Lipinski definition) is 2. The van der Waals surface area contributed by atoms with Gasteiger partial charge in [-0.2, -0.15) is 0 Å². The van der Waals surface area contributed by atoms with E-state index in [0.29, 0.717) is 13.0 Å². The van der Waals surface area contributed by atoms with Crippen LogP contribution in [0, 0.1) is 5.92 Å². The van der Waals surface area contributed by atoms with Gasteiger partial charge in [-0.1, -0.05) is 19.1 Å². The van der Waals surface area contributed by atoms with Gasteiger partial charge in [0.2, 0.25) is 0 Å². The lowest BCUT2D eigenvalue weighted by atomic mass is 9.76. The summed E-state index contributed by atoms with van der Waals surface area (Å²) in [7, 11) is 0. The van der Waals surface area contributed by atoms with Crippen LogP contribution in [0.4, 0.5) is 0 Å². The molecule has 0 saturated heterocycles. The molecule has 0 unspecified atom stereocenters. The standard InChI is InChI=1S/C14H24O2/c1-5-16-14(13(15)10-11(2)3)8-6-12(4)7-9-14/h12H,2,5-10H2,1,3-4H3. The van der Waals surface area contributed by atoms with Crippen LogP contribution in [0.2, 0.25) is 0 Å². The molecule has 0 bridgehead atoms. The first-order chi connectivity index (χ1) is 7.50. The van der Waals surface area contributed by atoms with Crippen molar-refractivity contribution in [1.29, 1.82) is 0 Å². The maximum absolute atomic E-state index is 12.2. The molecule has 0 atom stereocenters. The van der Waals surface area contributed by atoms with E-state index in [1.165, 1.54) is 0 Å². The summed E-state index contributed by atoms with van der Waals surface area (Å²) in [6, 6.07) is 0. The highest BCUT2D eigenvalue weighted by Crippen LogP contribution is 2.36. The first-order valence-corrected chi connectivity index (χ1v) is 6.32. The number of ether oxygens (including phenoxy) is 1. The van der Waals surface area contributed by atoms with E-state index in [4.69, 9.17) is 4.74 Å². The molecule has 0 aromatic heterocycles. The van der Waals surface area contributed by atoms with Crippen LogP contribution in [-0.2, 0) is 9.53 Å². The Morgan fingerprint density at radius 2 is 2.00 bits per heavy atom. The topological polar surface area (TPSA) is 26.3 Å². The van der Waals surface area contributed by atoms with Gasteiger partial charge in [0.15, 0.2) is 5.78 Å². The lowest BCUT2D eigenvalue weighted by Gasteiger charge is -2.38. The summed E-state index contributed by atoms with van der Waals surface area (Å²) in [4.78, 5) is 12.2. The van der Waals surface area contributed by atoms with E-state index < -0.39 is 5.60 Å². The molecule has 1 fully saturated rings. The van der Waals surface area contributed by atoms with E-state index in [1.807, 2.05) is 13.8 Å². The van der Waals surface area contributed by atoms with E-state index in [-0.39, 0.29) is 5.78 Å². The molecule has 0 aliphatic heterocycles. The van der Waals surface area contributed by atoms with Gasteiger partial charge in [-0.25, -0.2) is 0 Å². The SMILES string of the molecule is C=C(C)CC(=O)C1(OCC)CCC(C)CC1. The van der Waals surface area contributed by atoms with Gasteiger partial charge in [-0.05, 0) is 45.4 Å². The Kier molecular flexibility index (Phi) is 4.72. The van der Waals surface area contributed by atoms with Gasteiger partial charge in [0, 0.05) is 13.0 Å². The van der Waals surface area contributed by atoms with Crippen LogP contribution < -0.4 is 0 Å². The van der Waals surface area contributed by atoms with E-state index >= 15 is 0 Å². The van der Waals surface area contributed by atoms with Crippen LogP contribution in [0.3, 0.4) is 0 Å². The Morgan fingerprint density at radius 3 is 2.44 bits per heavy atom. The summed E-state index contributed by atoms with van der Waals surface area (Å²) in [5, 5.41) is 0. The number of rotatable bonds is 5. The number of ketones is 1. The van der Waals surface area contributed by atoms with Crippen molar-refractivity contribution in [2.45, 2.75) is 58.5 Å². The molecule has 0 N–H and O–H groups in total. The number of allylic oxidation sites excluding steroid dienone is 1. The Morgan fingerprint density at radius 1 is 1.44 bits per heavy atom. The molecular weight excluding hydrogens is 200 g/mol. The largest absolute Gasteiger partial charge is 0.367 e. The highest BCUT2D eigenvalue weighted by molar-refractivity contribution is 5.89. The van der Waals surface area contributed by atoms with Crippen molar-refractivity contribution in [3.8, 4) is 0 Å². The van der Waals surface area contributed by atoms with Crippen LogP contribution in [-0.4, -0.2) is 18.0 Å². The molecule has 0 aromatic rings. The average Bonchev–Trinajstić information content (AvgIpc) is 2.21. The smallest absolute Gasteiger partial charge is 0.168 e.